The van der Waals surface area contributed by atoms with Crippen molar-refractivity contribution in [2.75, 3.05) is 39.3 Å². The minimum absolute atomic E-state index is 0.222. The number of piperidine rings is 1. The van der Waals surface area contributed by atoms with E-state index in [1.54, 1.807) is 12.1 Å². The second kappa shape index (κ2) is 9.00. The van der Waals surface area contributed by atoms with Crippen molar-refractivity contribution in [1.82, 2.24) is 10.2 Å². The molecule has 1 aliphatic rings. The normalized spacial score (nSPS) is 18.9. The van der Waals surface area contributed by atoms with Crippen molar-refractivity contribution < 1.29 is 9.13 Å². The van der Waals surface area contributed by atoms with Crippen molar-refractivity contribution in [2.45, 2.75) is 26.2 Å². The summed E-state index contributed by atoms with van der Waals surface area (Å²) in [7, 11) is 0. The lowest BCUT2D eigenvalue weighted by atomic mass is 9.99. The van der Waals surface area contributed by atoms with E-state index in [0.29, 0.717) is 6.61 Å². The average molecular weight is 294 g/mol. The summed E-state index contributed by atoms with van der Waals surface area (Å²) in [6.45, 7) is 8.57. The lowest BCUT2D eigenvalue weighted by Crippen LogP contribution is -2.38. The van der Waals surface area contributed by atoms with Gasteiger partial charge in [-0.05, 0) is 69.1 Å². The van der Waals surface area contributed by atoms with Gasteiger partial charge in [-0.3, -0.25) is 0 Å². The number of rotatable bonds is 8. The van der Waals surface area contributed by atoms with Gasteiger partial charge in [0.05, 0.1) is 6.61 Å². The lowest BCUT2D eigenvalue weighted by Gasteiger charge is -2.29. The van der Waals surface area contributed by atoms with E-state index in [1.807, 2.05) is 0 Å². The van der Waals surface area contributed by atoms with Crippen molar-refractivity contribution in [3.63, 3.8) is 0 Å². The van der Waals surface area contributed by atoms with Crippen molar-refractivity contribution in [3.8, 4) is 5.75 Å². The van der Waals surface area contributed by atoms with E-state index in [4.69, 9.17) is 4.74 Å². The van der Waals surface area contributed by atoms with E-state index in [0.717, 1.165) is 37.7 Å². The van der Waals surface area contributed by atoms with Crippen LogP contribution in [0.25, 0.3) is 0 Å². The minimum atomic E-state index is -0.222. The number of nitrogens with zero attached hydrogens (tertiary/aromatic N) is 1. The summed E-state index contributed by atoms with van der Waals surface area (Å²) in [5.74, 6) is 1.31. The van der Waals surface area contributed by atoms with E-state index >= 15 is 0 Å². The molecule has 118 valence electrons. The highest BCUT2D eigenvalue weighted by Crippen LogP contribution is 2.13. The van der Waals surface area contributed by atoms with Gasteiger partial charge in [0.1, 0.15) is 11.6 Å². The molecule has 21 heavy (non-hydrogen) atoms. The fourth-order valence-electron chi connectivity index (χ4n) is 2.83. The molecule has 0 bridgehead atoms. The summed E-state index contributed by atoms with van der Waals surface area (Å²) in [5, 5.41) is 3.48. The summed E-state index contributed by atoms with van der Waals surface area (Å²) in [6.07, 6.45) is 3.65. The van der Waals surface area contributed by atoms with Crippen LogP contribution in [0.15, 0.2) is 24.3 Å². The van der Waals surface area contributed by atoms with Crippen LogP contribution in [-0.4, -0.2) is 44.2 Å². The molecule has 0 radical (unpaired) electrons. The van der Waals surface area contributed by atoms with Crippen LogP contribution in [0.2, 0.25) is 0 Å². The van der Waals surface area contributed by atoms with Crippen LogP contribution in [0.1, 0.15) is 26.2 Å². The first-order valence-electron chi connectivity index (χ1n) is 8.09. The maximum absolute atomic E-state index is 12.8. The Hall–Kier alpha value is -1.13. The van der Waals surface area contributed by atoms with Crippen LogP contribution in [0.5, 0.6) is 5.75 Å². The topological polar surface area (TPSA) is 24.5 Å². The zero-order valence-electron chi connectivity index (χ0n) is 13.0. The molecule has 0 amide bonds. The molecule has 0 aromatic heterocycles. The molecule has 4 heteroatoms. The number of hydrogen-bond donors (Lipinski definition) is 1. The predicted octanol–water partition coefficient (Wildman–Crippen LogP) is 2.92. The third-order valence-electron chi connectivity index (χ3n) is 4.06. The third-order valence-corrected chi connectivity index (χ3v) is 4.06. The van der Waals surface area contributed by atoms with E-state index < -0.39 is 0 Å². The molecule has 1 aromatic carbocycles. The van der Waals surface area contributed by atoms with Crippen LogP contribution in [0.4, 0.5) is 4.39 Å². The summed E-state index contributed by atoms with van der Waals surface area (Å²) in [5.41, 5.74) is 0. The summed E-state index contributed by atoms with van der Waals surface area (Å²) >= 11 is 0. The Balaban J connectivity index is 1.62. The van der Waals surface area contributed by atoms with Gasteiger partial charge in [-0.15, -0.1) is 0 Å². The Morgan fingerprint density at radius 3 is 2.81 bits per heavy atom. The molecule has 1 aromatic rings. The van der Waals surface area contributed by atoms with Crippen molar-refractivity contribution in [1.29, 1.82) is 0 Å². The van der Waals surface area contributed by atoms with Gasteiger partial charge < -0.3 is 15.0 Å². The van der Waals surface area contributed by atoms with Crippen molar-refractivity contribution in [3.05, 3.63) is 30.1 Å². The molecule has 2 rings (SSSR count). The predicted molar refractivity (Wildman–Crippen MR) is 84.2 cm³/mol. The largest absolute Gasteiger partial charge is 0.494 e. The van der Waals surface area contributed by atoms with E-state index in [9.17, 15) is 4.39 Å². The van der Waals surface area contributed by atoms with Gasteiger partial charge in [-0.1, -0.05) is 6.92 Å². The molecule has 3 nitrogen and oxygen atoms in total. The maximum atomic E-state index is 12.8. The van der Waals surface area contributed by atoms with E-state index in [1.165, 1.54) is 38.1 Å². The van der Waals surface area contributed by atoms with Crippen LogP contribution in [-0.2, 0) is 0 Å². The summed E-state index contributed by atoms with van der Waals surface area (Å²) < 4.78 is 18.4. The van der Waals surface area contributed by atoms with Crippen LogP contribution in [0, 0.1) is 11.7 Å². The fourth-order valence-corrected chi connectivity index (χ4v) is 2.83. The fraction of sp³-hybridized carbons (Fsp3) is 0.647. The zero-order chi connectivity index (χ0) is 14.9. The highest BCUT2D eigenvalue weighted by atomic mass is 19.1. The number of benzene rings is 1. The Bertz CT molecular complexity index is 390. The summed E-state index contributed by atoms with van der Waals surface area (Å²) in [6, 6.07) is 6.23. The molecule has 1 atom stereocenters. The highest BCUT2D eigenvalue weighted by molar-refractivity contribution is 5.21. The lowest BCUT2D eigenvalue weighted by molar-refractivity contribution is 0.198. The maximum Gasteiger partial charge on any atom is 0.123 e. The first-order chi connectivity index (χ1) is 10.3. The Morgan fingerprint density at radius 2 is 2.14 bits per heavy atom. The third kappa shape index (κ3) is 6.02. The quantitative estimate of drug-likeness (QED) is 0.746. The van der Waals surface area contributed by atoms with Gasteiger partial charge in [0.2, 0.25) is 0 Å². The average Bonchev–Trinajstić information content (AvgIpc) is 2.53. The van der Waals surface area contributed by atoms with Crippen LogP contribution < -0.4 is 10.1 Å². The number of nitrogens with one attached hydrogen (secondary N) is 1. The smallest absolute Gasteiger partial charge is 0.123 e. The van der Waals surface area contributed by atoms with Gasteiger partial charge >= 0.3 is 0 Å². The van der Waals surface area contributed by atoms with Gasteiger partial charge in [-0.2, -0.15) is 0 Å². The second-order valence-corrected chi connectivity index (χ2v) is 5.76. The molecular formula is C17H27FN2O. The molecule has 1 N–H and O–H groups in total. The number of ether oxygens (including phenoxy) is 1. The SMILES string of the molecule is CCN(CCCOc1ccc(F)cc1)CC1CCCNC1. The standard InChI is InChI=1S/C17H27FN2O/c1-2-20(14-15-5-3-10-19-13-15)11-4-12-21-17-8-6-16(18)7-9-17/h6-9,15,19H,2-5,10-14H2,1H3. The van der Waals surface area contributed by atoms with E-state index in [2.05, 4.69) is 17.1 Å². The summed E-state index contributed by atoms with van der Waals surface area (Å²) in [4.78, 5) is 2.51. The van der Waals surface area contributed by atoms with Gasteiger partial charge in [0.25, 0.3) is 0 Å². The monoisotopic (exact) mass is 294 g/mol. The van der Waals surface area contributed by atoms with Gasteiger partial charge in [0, 0.05) is 13.1 Å². The highest BCUT2D eigenvalue weighted by Gasteiger charge is 2.15. The molecule has 1 unspecified atom stereocenters. The minimum Gasteiger partial charge on any atom is -0.494 e. The zero-order valence-corrected chi connectivity index (χ0v) is 13.0. The molecule has 1 aliphatic heterocycles. The Kier molecular flexibility index (Phi) is 6.96. The molecular weight excluding hydrogens is 267 g/mol. The van der Waals surface area contributed by atoms with Crippen molar-refractivity contribution >= 4 is 0 Å². The molecule has 0 saturated carbocycles. The molecule has 1 heterocycles. The molecule has 1 saturated heterocycles. The number of hydrogen-bond acceptors (Lipinski definition) is 3. The molecule has 1 fully saturated rings. The number of halogens is 1. The van der Waals surface area contributed by atoms with Crippen LogP contribution in [0.3, 0.4) is 0 Å². The van der Waals surface area contributed by atoms with Crippen LogP contribution >= 0.6 is 0 Å². The first kappa shape index (κ1) is 16.2. The van der Waals surface area contributed by atoms with Gasteiger partial charge in [-0.25, -0.2) is 4.39 Å². The molecule has 0 spiro atoms. The van der Waals surface area contributed by atoms with E-state index in [-0.39, 0.29) is 5.82 Å². The van der Waals surface area contributed by atoms with Crippen molar-refractivity contribution in [2.24, 2.45) is 5.92 Å². The Morgan fingerprint density at radius 1 is 1.33 bits per heavy atom. The second-order valence-electron chi connectivity index (χ2n) is 5.76. The Labute approximate surface area is 127 Å². The van der Waals surface area contributed by atoms with Gasteiger partial charge in [0.15, 0.2) is 0 Å². The first-order valence-corrected chi connectivity index (χ1v) is 8.09. The molecule has 0 aliphatic carbocycles.